The van der Waals surface area contributed by atoms with E-state index in [1.165, 1.54) is 0 Å². The van der Waals surface area contributed by atoms with Crippen molar-refractivity contribution in [2.45, 2.75) is 18.9 Å². The molecule has 2 amide bonds. The predicted octanol–water partition coefficient (Wildman–Crippen LogP) is 3.54. The van der Waals surface area contributed by atoms with Gasteiger partial charge < -0.3 is 15.4 Å². The minimum Gasteiger partial charge on any atom is -0.372 e. The molecule has 1 fully saturated rings. The molecule has 10 heteroatoms. The summed E-state index contributed by atoms with van der Waals surface area (Å²) in [6.45, 7) is 2.41. The van der Waals surface area contributed by atoms with Crippen molar-refractivity contribution in [3.8, 4) is 0 Å². The standard InChI is InChI=1S/C23H24Cl2N4O3.ClH/c24-19-6-5-15(10-20(19)25)22-16(12-26-7-8-32-22)13-27-23(31)18-4-2-1-3-14(18)9-17-11-21(30)29-28-17;/h1-6,10,16,22,26H,7-9,11-13H2,(H,27,31)(H,29,30);1H/t16-,22-;/m0./s1. The molecule has 0 aromatic heterocycles. The number of nitrogens with one attached hydrogen (secondary N) is 3. The van der Waals surface area contributed by atoms with Crippen molar-refractivity contribution < 1.29 is 14.3 Å². The largest absolute Gasteiger partial charge is 0.372 e. The summed E-state index contributed by atoms with van der Waals surface area (Å²) in [6.07, 6.45) is 0.481. The maximum atomic E-state index is 13.0. The van der Waals surface area contributed by atoms with Crippen LogP contribution in [0.15, 0.2) is 47.6 Å². The van der Waals surface area contributed by atoms with Crippen molar-refractivity contribution in [1.29, 1.82) is 0 Å². The van der Waals surface area contributed by atoms with Gasteiger partial charge >= 0.3 is 0 Å². The number of ether oxygens (including phenoxy) is 1. The van der Waals surface area contributed by atoms with Gasteiger partial charge in [0.1, 0.15) is 0 Å². The zero-order valence-electron chi connectivity index (χ0n) is 17.8. The van der Waals surface area contributed by atoms with Gasteiger partial charge in [-0.05, 0) is 29.3 Å². The van der Waals surface area contributed by atoms with Crippen LogP contribution in [0.5, 0.6) is 0 Å². The van der Waals surface area contributed by atoms with Crippen molar-refractivity contribution in [1.82, 2.24) is 16.1 Å². The molecule has 0 unspecified atom stereocenters. The van der Waals surface area contributed by atoms with Crippen molar-refractivity contribution >= 4 is 53.1 Å². The monoisotopic (exact) mass is 510 g/mol. The first-order chi connectivity index (χ1) is 15.5. The SMILES string of the molecule is Cl.O=C1CC(Cc2ccccc2C(=O)NC[C@@H]2CNCCO[C@H]2c2ccc(Cl)c(Cl)c2)=NN1. The van der Waals surface area contributed by atoms with E-state index < -0.39 is 0 Å². The lowest BCUT2D eigenvalue weighted by Gasteiger charge is -2.26. The van der Waals surface area contributed by atoms with Crippen LogP contribution in [-0.4, -0.2) is 43.8 Å². The molecule has 2 aromatic rings. The summed E-state index contributed by atoms with van der Waals surface area (Å²) in [4.78, 5) is 24.5. The van der Waals surface area contributed by atoms with Crippen LogP contribution in [0.4, 0.5) is 0 Å². The quantitative estimate of drug-likeness (QED) is 0.553. The Hall–Kier alpha value is -2.16. The average molecular weight is 512 g/mol. The summed E-state index contributed by atoms with van der Waals surface area (Å²) in [5.41, 5.74) is 5.50. The normalized spacial score (nSPS) is 20.3. The van der Waals surface area contributed by atoms with Gasteiger partial charge in [0.25, 0.3) is 5.91 Å². The topological polar surface area (TPSA) is 91.8 Å². The molecule has 2 heterocycles. The van der Waals surface area contributed by atoms with Gasteiger partial charge in [0.15, 0.2) is 0 Å². The molecule has 0 aliphatic carbocycles. The van der Waals surface area contributed by atoms with E-state index in [1.807, 2.05) is 30.3 Å². The van der Waals surface area contributed by atoms with Gasteiger partial charge in [-0.15, -0.1) is 12.4 Å². The lowest BCUT2D eigenvalue weighted by Crippen LogP contribution is -2.36. The predicted molar refractivity (Wildman–Crippen MR) is 131 cm³/mol. The zero-order chi connectivity index (χ0) is 22.5. The summed E-state index contributed by atoms with van der Waals surface area (Å²) in [5.74, 6) is -0.293. The van der Waals surface area contributed by atoms with Gasteiger partial charge in [0, 0.05) is 37.5 Å². The molecule has 0 saturated carbocycles. The second-order valence-electron chi connectivity index (χ2n) is 7.86. The fraction of sp³-hybridized carbons (Fsp3) is 0.348. The van der Waals surface area contributed by atoms with E-state index in [1.54, 1.807) is 12.1 Å². The lowest BCUT2D eigenvalue weighted by molar-refractivity contribution is -0.119. The number of nitrogens with zero attached hydrogens (tertiary/aromatic N) is 1. The molecule has 0 spiro atoms. The van der Waals surface area contributed by atoms with Crippen molar-refractivity contribution in [3.63, 3.8) is 0 Å². The molecule has 176 valence electrons. The number of hydrogen-bond acceptors (Lipinski definition) is 5. The first-order valence-corrected chi connectivity index (χ1v) is 11.2. The van der Waals surface area contributed by atoms with Gasteiger partial charge in [0.2, 0.25) is 5.91 Å². The van der Waals surface area contributed by atoms with Gasteiger partial charge in [-0.3, -0.25) is 9.59 Å². The Morgan fingerprint density at radius 2 is 2.00 bits per heavy atom. The molecule has 0 bridgehead atoms. The fourth-order valence-corrected chi connectivity index (χ4v) is 4.27. The number of carbonyl (C=O) groups is 2. The number of hydrogen-bond donors (Lipinski definition) is 3. The van der Waals surface area contributed by atoms with Crippen molar-refractivity contribution in [2.24, 2.45) is 11.0 Å². The van der Waals surface area contributed by atoms with E-state index >= 15 is 0 Å². The Labute approximate surface area is 208 Å². The number of halogens is 3. The van der Waals surface area contributed by atoms with Crippen LogP contribution in [-0.2, 0) is 16.0 Å². The Kier molecular flexibility index (Phi) is 9.11. The summed E-state index contributed by atoms with van der Waals surface area (Å²) in [5, 5.41) is 11.4. The highest BCUT2D eigenvalue weighted by atomic mass is 35.5. The van der Waals surface area contributed by atoms with E-state index in [2.05, 4.69) is 21.2 Å². The van der Waals surface area contributed by atoms with E-state index in [-0.39, 0.29) is 42.7 Å². The summed E-state index contributed by atoms with van der Waals surface area (Å²) in [7, 11) is 0. The molecule has 7 nitrogen and oxygen atoms in total. The Bertz CT molecular complexity index is 1050. The van der Waals surface area contributed by atoms with E-state index in [4.69, 9.17) is 27.9 Å². The minimum atomic E-state index is -0.222. The minimum absolute atomic E-state index is 0. The zero-order valence-corrected chi connectivity index (χ0v) is 20.1. The molecular formula is C23H25Cl3N4O3. The van der Waals surface area contributed by atoms with Crippen LogP contribution in [0.1, 0.15) is 34.0 Å². The smallest absolute Gasteiger partial charge is 0.251 e. The molecule has 2 atom stereocenters. The van der Waals surface area contributed by atoms with Crippen LogP contribution < -0.4 is 16.1 Å². The highest BCUT2D eigenvalue weighted by Crippen LogP contribution is 2.32. The van der Waals surface area contributed by atoms with Crippen LogP contribution in [0.2, 0.25) is 10.0 Å². The molecule has 2 aliphatic rings. The Morgan fingerprint density at radius 3 is 2.76 bits per heavy atom. The van der Waals surface area contributed by atoms with Crippen LogP contribution in [0, 0.1) is 5.92 Å². The molecule has 33 heavy (non-hydrogen) atoms. The summed E-state index contributed by atoms with van der Waals surface area (Å²) < 4.78 is 6.09. The average Bonchev–Trinajstić information content (AvgIpc) is 3.05. The van der Waals surface area contributed by atoms with E-state index in [9.17, 15) is 9.59 Å². The van der Waals surface area contributed by atoms with Crippen molar-refractivity contribution in [2.75, 3.05) is 26.2 Å². The second-order valence-corrected chi connectivity index (χ2v) is 8.68. The van der Waals surface area contributed by atoms with Crippen molar-refractivity contribution in [3.05, 3.63) is 69.2 Å². The number of amides is 2. The molecular weight excluding hydrogens is 487 g/mol. The Morgan fingerprint density at radius 1 is 1.18 bits per heavy atom. The van der Waals surface area contributed by atoms with Crippen LogP contribution in [0.3, 0.4) is 0 Å². The number of benzene rings is 2. The van der Waals surface area contributed by atoms with E-state index in [0.717, 1.165) is 23.4 Å². The third kappa shape index (κ3) is 6.46. The fourth-order valence-electron chi connectivity index (χ4n) is 3.97. The first-order valence-electron chi connectivity index (χ1n) is 10.5. The maximum Gasteiger partial charge on any atom is 0.251 e. The van der Waals surface area contributed by atoms with Crippen LogP contribution >= 0.6 is 35.6 Å². The number of hydrazone groups is 1. The van der Waals surface area contributed by atoms with Crippen LogP contribution in [0.25, 0.3) is 0 Å². The second kappa shape index (κ2) is 11.8. The molecule has 1 saturated heterocycles. The number of carbonyl (C=O) groups excluding carboxylic acids is 2. The molecule has 3 N–H and O–H groups in total. The highest BCUT2D eigenvalue weighted by Gasteiger charge is 2.27. The Balaban J connectivity index is 0.00000306. The summed E-state index contributed by atoms with van der Waals surface area (Å²) >= 11 is 12.3. The molecule has 2 aliphatic heterocycles. The third-order valence-electron chi connectivity index (χ3n) is 5.57. The highest BCUT2D eigenvalue weighted by molar-refractivity contribution is 6.42. The third-order valence-corrected chi connectivity index (χ3v) is 6.31. The lowest BCUT2D eigenvalue weighted by atomic mass is 9.95. The van der Waals surface area contributed by atoms with Gasteiger partial charge in [0.05, 0.1) is 34.9 Å². The van der Waals surface area contributed by atoms with E-state index in [0.29, 0.717) is 41.7 Å². The van der Waals surface area contributed by atoms with Gasteiger partial charge in [-0.1, -0.05) is 47.5 Å². The molecule has 2 aromatic carbocycles. The van der Waals surface area contributed by atoms with Gasteiger partial charge in [-0.25, -0.2) is 5.43 Å². The summed E-state index contributed by atoms with van der Waals surface area (Å²) in [6, 6.07) is 12.9. The number of rotatable bonds is 6. The first kappa shape index (κ1) is 25.5. The molecule has 4 rings (SSSR count). The molecule has 0 radical (unpaired) electrons. The van der Waals surface area contributed by atoms with Gasteiger partial charge in [-0.2, -0.15) is 5.10 Å². The maximum absolute atomic E-state index is 13.0.